The fraction of sp³-hybridized carbons (Fsp3) is 0.462. The van der Waals surface area contributed by atoms with E-state index in [2.05, 4.69) is 12.2 Å². The summed E-state index contributed by atoms with van der Waals surface area (Å²) in [5, 5.41) is 3.51. The van der Waals surface area contributed by atoms with Gasteiger partial charge in [0.1, 0.15) is 0 Å². The van der Waals surface area contributed by atoms with Gasteiger partial charge in [0, 0.05) is 11.6 Å². The van der Waals surface area contributed by atoms with Gasteiger partial charge in [-0.05, 0) is 25.5 Å². The molecular weight excluding hydrogens is 271 g/mol. The van der Waals surface area contributed by atoms with Crippen molar-refractivity contribution in [3.8, 4) is 0 Å². The summed E-state index contributed by atoms with van der Waals surface area (Å²) in [6, 6.07) is 3.20. The first-order valence-corrected chi connectivity index (χ1v) is 6.76. The van der Waals surface area contributed by atoms with Gasteiger partial charge in [-0.25, -0.2) is 0 Å². The quantitative estimate of drug-likeness (QED) is 0.808. The zero-order valence-corrected chi connectivity index (χ0v) is 12.1. The molecule has 0 bridgehead atoms. The Morgan fingerprint density at radius 3 is 2.44 bits per heavy atom. The van der Waals surface area contributed by atoms with Gasteiger partial charge < -0.3 is 11.1 Å². The van der Waals surface area contributed by atoms with Crippen LogP contribution < -0.4 is 11.1 Å². The summed E-state index contributed by atoms with van der Waals surface area (Å²) < 4.78 is 0. The first-order chi connectivity index (χ1) is 8.45. The number of hydrogen-bond acceptors (Lipinski definition) is 2. The van der Waals surface area contributed by atoms with Crippen LogP contribution in [0.1, 0.15) is 43.5 Å². The fourth-order valence-corrected chi connectivity index (χ4v) is 2.09. The van der Waals surface area contributed by atoms with Crippen molar-refractivity contribution in [3.05, 3.63) is 27.7 Å². The molecule has 1 rings (SSSR count). The molecule has 1 atom stereocenters. The second-order valence-corrected chi connectivity index (χ2v) is 5.18. The molecule has 0 saturated carbocycles. The average molecular weight is 289 g/mol. The molecule has 0 aliphatic rings. The summed E-state index contributed by atoms with van der Waals surface area (Å²) in [5.41, 5.74) is 6.36. The van der Waals surface area contributed by atoms with E-state index < -0.39 is 0 Å². The number of carbonyl (C=O) groups excluding carboxylic acids is 1. The maximum atomic E-state index is 12.0. The van der Waals surface area contributed by atoms with E-state index in [0.717, 1.165) is 19.3 Å². The molecule has 0 fully saturated rings. The Labute approximate surface area is 118 Å². The van der Waals surface area contributed by atoms with E-state index in [1.54, 1.807) is 0 Å². The summed E-state index contributed by atoms with van der Waals surface area (Å²) in [6.45, 7) is 4.10. The summed E-state index contributed by atoms with van der Waals surface area (Å²) in [6.07, 6.45) is 3.16. The molecule has 3 nitrogen and oxygen atoms in total. The number of benzene rings is 1. The minimum Gasteiger partial charge on any atom is -0.396 e. The lowest BCUT2D eigenvalue weighted by Gasteiger charge is -2.14. The molecule has 0 radical (unpaired) electrons. The predicted octanol–water partition coefficient (Wildman–Crippen LogP) is 3.88. The van der Waals surface area contributed by atoms with Crippen molar-refractivity contribution in [2.24, 2.45) is 0 Å². The number of nitrogens with one attached hydrogen (secondary N) is 1. The van der Waals surface area contributed by atoms with E-state index in [9.17, 15) is 4.79 Å². The highest BCUT2D eigenvalue weighted by molar-refractivity contribution is 6.39. The van der Waals surface area contributed by atoms with Crippen LogP contribution in [0.5, 0.6) is 0 Å². The molecule has 0 heterocycles. The molecule has 0 aromatic heterocycles. The first-order valence-electron chi connectivity index (χ1n) is 6.01. The topological polar surface area (TPSA) is 55.1 Å². The minimum atomic E-state index is -0.178. The summed E-state index contributed by atoms with van der Waals surface area (Å²) >= 11 is 11.8. The van der Waals surface area contributed by atoms with E-state index in [1.807, 2.05) is 6.92 Å². The zero-order valence-electron chi connectivity index (χ0n) is 10.6. The zero-order chi connectivity index (χ0) is 13.7. The molecule has 1 aromatic rings. The summed E-state index contributed by atoms with van der Waals surface area (Å²) in [7, 11) is 0. The maximum Gasteiger partial charge on any atom is 0.251 e. The molecule has 0 spiro atoms. The molecule has 100 valence electrons. The van der Waals surface area contributed by atoms with E-state index in [4.69, 9.17) is 28.9 Å². The van der Waals surface area contributed by atoms with Gasteiger partial charge in [0.2, 0.25) is 0 Å². The van der Waals surface area contributed by atoms with Crippen molar-refractivity contribution in [3.63, 3.8) is 0 Å². The van der Waals surface area contributed by atoms with Gasteiger partial charge in [0.25, 0.3) is 5.91 Å². The number of unbranched alkanes of at least 4 members (excludes halogenated alkanes) is 1. The summed E-state index contributed by atoms with van der Waals surface area (Å²) in [4.78, 5) is 12.0. The van der Waals surface area contributed by atoms with Crippen LogP contribution in [-0.2, 0) is 0 Å². The number of nitrogens with two attached hydrogens (primary N) is 1. The smallest absolute Gasteiger partial charge is 0.251 e. The summed E-state index contributed by atoms with van der Waals surface area (Å²) in [5.74, 6) is -0.178. The van der Waals surface area contributed by atoms with E-state index in [-0.39, 0.29) is 11.9 Å². The monoisotopic (exact) mass is 288 g/mol. The van der Waals surface area contributed by atoms with E-state index in [1.165, 1.54) is 12.1 Å². The Morgan fingerprint density at radius 1 is 1.39 bits per heavy atom. The highest BCUT2D eigenvalue weighted by Gasteiger charge is 2.13. The van der Waals surface area contributed by atoms with Crippen LogP contribution in [0.4, 0.5) is 5.69 Å². The maximum absolute atomic E-state index is 12.0. The van der Waals surface area contributed by atoms with Gasteiger partial charge in [0.05, 0.1) is 15.7 Å². The van der Waals surface area contributed by atoms with Crippen molar-refractivity contribution in [1.82, 2.24) is 5.32 Å². The lowest BCUT2D eigenvalue weighted by atomic mass is 10.1. The Hall–Kier alpha value is -0.930. The number of anilines is 1. The largest absolute Gasteiger partial charge is 0.396 e. The molecule has 1 amide bonds. The van der Waals surface area contributed by atoms with Crippen molar-refractivity contribution in [2.45, 2.75) is 39.2 Å². The molecular formula is C13H18Cl2N2O. The number of rotatable bonds is 5. The normalized spacial score (nSPS) is 12.2. The van der Waals surface area contributed by atoms with Crippen LogP contribution in [0.2, 0.25) is 10.0 Å². The molecule has 0 aliphatic heterocycles. The van der Waals surface area contributed by atoms with Gasteiger partial charge in [-0.3, -0.25) is 4.79 Å². The van der Waals surface area contributed by atoms with Crippen LogP contribution in [0.15, 0.2) is 12.1 Å². The van der Waals surface area contributed by atoms with Gasteiger partial charge in [-0.2, -0.15) is 0 Å². The minimum absolute atomic E-state index is 0.132. The van der Waals surface area contributed by atoms with Crippen LogP contribution in [-0.4, -0.2) is 11.9 Å². The van der Waals surface area contributed by atoms with Gasteiger partial charge in [0.15, 0.2) is 0 Å². The lowest BCUT2D eigenvalue weighted by molar-refractivity contribution is 0.0938. The van der Waals surface area contributed by atoms with E-state index in [0.29, 0.717) is 21.3 Å². The molecule has 3 N–H and O–H groups in total. The average Bonchev–Trinajstić information content (AvgIpc) is 2.32. The van der Waals surface area contributed by atoms with Crippen LogP contribution >= 0.6 is 23.2 Å². The highest BCUT2D eigenvalue weighted by Crippen LogP contribution is 2.28. The molecule has 0 saturated heterocycles. The number of amides is 1. The van der Waals surface area contributed by atoms with Crippen molar-refractivity contribution >= 4 is 34.8 Å². The molecule has 5 heteroatoms. The highest BCUT2D eigenvalue weighted by atomic mass is 35.5. The molecule has 1 unspecified atom stereocenters. The Kier molecular flexibility index (Phi) is 5.76. The number of halogens is 2. The van der Waals surface area contributed by atoms with Crippen molar-refractivity contribution in [1.29, 1.82) is 0 Å². The van der Waals surface area contributed by atoms with Crippen molar-refractivity contribution in [2.75, 3.05) is 5.73 Å². The number of nitrogen functional groups attached to an aromatic ring is 1. The van der Waals surface area contributed by atoms with Crippen LogP contribution in [0, 0.1) is 0 Å². The second-order valence-electron chi connectivity index (χ2n) is 4.37. The van der Waals surface area contributed by atoms with E-state index >= 15 is 0 Å². The standard InChI is InChI=1S/C13H18Cl2N2O/c1-3-4-5-8(2)17-13(18)9-6-10(14)12(16)11(15)7-9/h6-8H,3-5,16H2,1-2H3,(H,17,18). The SMILES string of the molecule is CCCCC(C)NC(=O)c1cc(Cl)c(N)c(Cl)c1. The molecule has 0 aliphatic carbocycles. The Bertz CT molecular complexity index is 412. The lowest BCUT2D eigenvalue weighted by Crippen LogP contribution is -2.32. The number of carbonyl (C=O) groups is 1. The van der Waals surface area contributed by atoms with Crippen molar-refractivity contribution < 1.29 is 4.79 Å². The van der Waals surface area contributed by atoms with Crippen LogP contribution in [0.3, 0.4) is 0 Å². The van der Waals surface area contributed by atoms with Gasteiger partial charge in [-0.15, -0.1) is 0 Å². The predicted molar refractivity (Wildman–Crippen MR) is 77.3 cm³/mol. The third kappa shape index (κ3) is 4.07. The van der Waals surface area contributed by atoms with Gasteiger partial charge in [-0.1, -0.05) is 43.0 Å². The molecule has 18 heavy (non-hydrogen) atoms. The molecule has 1 aromatic carbocycles. The van der Waals surface area contributed by atoms with Gasteiger partial charge >= 0.3 is 0 Å². The Morgan fingerprint density at radius 2 is 1.94 bits per heavy atom. The first kappa shape index (κ1) is 15.1. The third-order valence-electron chi connectivity index (χ3n) is 2.71. The third-order valence-corrected chi connectivity index (χ3v) is 3.33. The number of hydrogen-bond donors (Lipinski definition) is 2. The van der Waals surface area contributed by atoms with Crippen LogP contribution in [0.25, 0.3) is 0 Å². The second kappa shape index (κ2) is 6.86. The Balaban J connectivity index is 2.73. The fourth-order valence-electron chi connectivity index (χ4n) is 1.60.